The summed E-state index contributed by atoms with van der Waals surface area (Å²) in [6, 6.07) is 59.6. The van der Waals surface area contributed by atoms with Crippen molar-refractivity contribution >= 4 is 60.5 Å². The molecule has 0 radical (unpaired) electrons. The largest absolute Gasteiger partial charge is 0.456 e. The molecule has 9 aromatic rings. The lowest BCUT2D eigenvalue weighted by atomic mass is 9.82. The van der Waals surface area contributed by atoms with Crippen LogP contribution in [-0.2, 0) is 5.41 Å². The van der Waals surface area contributed by atoms with E-state index in [4.69, 9.17) is 4.42 Å². The highest BCUT2D eigenvalue weighted by atomic mass is 16.3. The fourth-order valence-electron chi connectivity index (χ4n) is 8.22. The van der Waals surface area contributed by atoms with Gasteiger partial charge in [0.25, 0.3) is 0 Å². The van der Waals surface area contributed by atoms with Crippen molar-refractivity contribution in [1.82, 2.24) is 0 Å². The van der Waals surface area contributed by atoms with E-state index >= 15 is 0 Å². The molecule has 2 nitrogen and oxygen atoms in total. The van der Waals surface area contributed by atoms with Gasteiger partial charge in [-0.1, -0.05) is 129 Å². The van der Waals surface area contributed by atoms with Gasteiger partial charge in [0.1, 0.15) is 11.2 Å². The van der Waals surface area contributed by atoms with E-state index in [1.165, 1.54) is 54.9 Å². The molecule has 10 rings (SSSR count). The van der Waals surface area contributed by atoms with E-state index in [2.05, 4.69) is 170 Å². The molecule has 2 heteroatoms. The molecule has 1 aliphatic carbocycles. The molecule has 0 unspecified atom stereocenters. The van der Waals surface area contributed by atoms with Crippen molar-refractivity contribution in [1.29, 1.82) is 0 Å². The Morgan fingerprint density at radius 1 is 0.429 bits per heavy atom. The summed E-state index contributed by atoms with van der Waals surface area (Å²) in [5.41, 5.74) is 13.0. The summed E-state index contributed by atoms with van der Waals surface area (Å²) < 4.78 is 6.27. The van der Waals surface area contributed by atoms with Crippen molar-refractivity contribution in [2.45, 2.75) is 19.3 Å². The van der Waals surface area contributed by atoms with E-state index < -0.39 is 0 Å². The van der Waals surface area contributed by atoms with Crippen LogP contribution in [0.25, 0.3) is 65.7 Å². The van der Waals surface area contributed by atoms with Gasteiger partial charge in [-0.05, 0) is 98.1 Å². The number of para-hydroxylation sites is 1. The van der Waals surface area contributed by atoms with Gasteiger partial charge >= 0.3 is 0 Å². The molecule has 8 aromatic carbocycles. The molecule has 0 bridgehead atoms. The maximum Gasteiger partial charge on any atom is 0.136 e. The highest BCUT2D eigenvalue weighted by Gasteiger charge is 2.35. The first-order valence-corrected chi connectivity index (χ1v) is 17.0. The Morgan fingerprint density at radius 3 is 2.08 bits per heavy atom. The van der Waals surface area contributed by atoms with Gasteiger partial charge in [-0.15, -0.1) is 0 Å². The number of benzene rings is 8. The molecule has 0 aliphatic heterocycles. The van der Waals surface area contributed by atoms with E-state index in [-0.39, 0.29) is 5.41 Å². The summed E-state index contributed by atoms with van der Waals surface area (Å²) in [5.74, 6) is 0. The third-order valence-electron chi connectivity index (χ3n) is 10.6. The van der Waals surface area contributed by atoms with Crippen molar-refractivity contribution in [2.24, 2.45) is 0 Å². The number of nitrogens with zero attached hydrogens (tertiary/aromatic N) is 1. The van der Waals surface area contributed by atoms with E-state index in [0.717, 1.165) is 39.0 Å². The number of rotatable bonds is 4. The molecule has 1 aromatic heterocycles. The maximum atomic E-state index is 6.27. The Bertz CT molecular complexity index is 2750. The summed E-state index contributed by atoms with van der Waals surface area (Å²) in [7, 11) is 0. The molecule has 1 aliphatic rings. The molecule has 0 saturated carbocycles. The van der Waals surface area contributed by atoms with E-state index in [1.807, 2.05) is 12.1 Å². The quantitative estimate of drug-likeness (QED) is 0.181. The van der Waals surface area contributed by atoms with Crippen molar-refractivity contribution < 1.29 is 4.42 Å². The Kier molecular flexibility index (Phi) is 5.95. The van der Waals surface area contributed by atoms with Gasteiger partial charge in [0.15, 0.2) is 0 Å². The first kappa shape index (κ1) is 27.9. The van der Waals surface area contributed by atoms with Crippen LogP contribution in [0.5, 0.6) is 0 Å². The highest BCUT2D eigenvalue weighted by molar-refractivity contribution is 6.18. The molecule has 0 spiro atoms. The number of furan rings is 1. The zero-order valence-electron chi connectivity index (χ0n) is 27.4. The Morgan fingerprint density at radius 2 is 1.16 bits per heavy atom. The van der Waals surface area contributed by atoms with Crippen LogP contribution < -0.4 is 4.90 Å². The minimum Gasteiger partial charge on any atom is -0.456 e. The van der Waals surface area contributed by atoms with Gasteiger partial charge in [0.05, 0.1) is 5.69 Å². The molecule has 0 amide bonds. The Labute approximate surface area is 285 Å². The van der Waals surface area contributed by atoms with Crippen molar-refractivity contribution in [3.8, 4) is 22.3 Å². The van der Waals surface area contributed by atoms with Crippen LogP contribution >= 0.6 is 0 Å². The lowest BCUT2D eigenvalue weighted by Crippen LogP contribution is -2.15. The standard InChI is InChI=1S/C47H33NO/c1-47(2)42-19-8-6-16-36(42)40-28-34(23-25-43(40)47)48(33-15-10-14-31(26-33)30-12-4-3-5-13-30)44-20-11-18-35-37(44)24-22-32-27-46-41(29-39(32)35)38-17-7-9-21-45(38)49-46/h3-29H,1-2H3. The third kappa shape index (κ3) is 4.20. The zero-order chi connectivity index (χ0) is 32.7. The SMILES string of the molecule is CC1(C)c2ccccc2-c2cc(N(c3cccc(-c4ccccc4)c3)c3cccc4c3ccc3cc5oc6ccccc6c5cc34)ccc21. The minimum atomic E-state index is -0.0521. The number of hydrogen-bond donors (Lipinski definition) is 0. The van der Waals surface area contributed by atoms with Crippen molar-refractivity contribution in [3.63, 3.8) is 0 Å². The molecular formula is C47H33NO. The summed E-state index contributed by atoms with van der Waals surface area (Å²) in [4.78, 5) is 2.45. The first-order chi connectivity index (χ1) is 24.0. The molecule has 0 fully saturated rings. The molecular weight excluding hydrogens is 595 g/mol. The lowest BCUT2D eigenvalue weighted by Gasteiger charge is -2.29. The molecule has 0 saturated heterocycles. The van der Waals surface area contributed by atoms with E-state index in [1.54, 1.807) is 0 Å². The van der Waals surface area contributed by atoms with Gasteiger partial charge in [0.2, 0.25) is 0 Å². The van der Waals surface area contributed by atoms with Crippen LogP contribution in [0.4, 0.5) is 17.1 Å². The van der Waals surface area contributed by atoms with Gasteiger partial charge in [-0.2, -0.15) is 0 Å². The van der Waals surface area contributed by atoms with Gasteiger partial charge in [0, 0.05) is 32.9 Å². The maximum absolute atomic E-state index is 6.27. The van der Waals surface area contributed by atoms with Crippen molar-refractivity contribution in [2.75, 3.05) is 4.90 Å². The first-order valence-electron chi connectivity index (χ1n) is 17.0. The fourth-order valence-corrected chi connectivity index (χ4v) is 8.22. The summed E-state index contributed by atoms with van der Waals surface area (Å²) in [6.45, 7) is 4.68. The molecule has 0 N–H and O–H groups in total. The van der Waals surface area contributed by atoms with E-state index in [0.29, 0.717) is 0 Å². The average Bonchev–Trinajstić information content (AvgIpc) is 3.62. The van der Waals surface area contributed by atoms with Gasteiger partial charge in [-0.3, -0.25) is 0 Å². The van der Waals surface area contributed by atoms with E-state index in [9.17, 15) is 0 Å². The van der Waals surface area contributed by atoms with Crippen LogP contribution in [-0.4, -0.2) is 0 Å². The second kappa shape index (κ2) is 10.4. The molecule has 1 heterocycles. The second-order valence-electron chi connectivity index (χ2n) is 13.8. The van der Waals surface area contributed by atoms with Crippen LogP contribution in [0, 0.1) is 0 Å². The van der Waals surface area contributed by atoms with Gasteiger partial charge in [-0.25, -0.2) is 0 Å². The van der Waals surface area contributed by atoms with Crippen LogP contribution in [0.15, 0.2) is 168 Å². The predicted molar refractivity (Wildman–Crippen MR) is 206 cm³/mol. The molecule has 49 heavy (non-hydrogen) atoms. The summed E-state index contributed by atoms with van der Waals surface area (Å²) in [6.07, 6.45) is 0. The smallest absolute Gasteiger partial charge is 0.136 e. The predicted octanol–water partition coefficient (Wildman–Crippen LogP) is 13.3. The minimum absolute atomic E-state index is 0.0521. The number of anilines is 3. The third-order valence-corrected chi connectivity index (χ3v) is 10.6. The molecule has 232 valence electrons. The van der Waals surface area contributed by atoms with Crippen molar-refractivity contribution in [3.05, 3.63) is 175 Å². The van der Waals surface area contributed by atoms with Gasteiger partial charge < -0.3 is 9.32 Å². The van der Waals surface area contributed by atoms with Crippen LogP contribution in [0.1, 0.15) is 25.0 Å². The second-order valence-corrected chi connectivity index (χ2v) is 13.8. The Hall–Kier alpha value is -6.12. The van der Waals surface area contributed by atoms with Crippen LogP contribution in [0.2, 0.25) is 0 Å². The summed E-state index contributed by atoms with van der Waals surface area (Å²) in [5, 5.41) is 7.11. The van der Waals surface area contributed by atoms with Crippen LogP contribution in [0.3, 0.4) is 0 Å². The lowest BCUT2D eigenvalue weighted by molar-refractivity contribution is 0.660. The average molecular weight is 628 g/mol. The summed E-state index contributed by atoms with van der Waals surface area (Å²) >= 11 is 0. The zero-order valence-corrected chi connectivity index (χ0v) is 27.4. The highest BCUT2D eigenvalue weighted by Crippen LogP contribution is 2.51. The topological polar surface area (TPSA) is 16.4 Å². The number of hydrogen-bond acceptors (Lipinski definition) is 2. The number of fused-ring (bicyclic) bond motifs is 9. The fraction of sp³-hybridized carbons (Fsp3) is 0.0638. The monoisotopic (exact) mass is 627 g/mol. The normalized spacial score (nSPS) is 13.3. The molecule has 0 atom stereocenters. The Balaban J connectivity index is 1.23.